The molecular formula is C12H18N2OS. The number of carbonyl (C=O) groups is 1. The van der Waals surface area contributed by atoms with E-state index in [9.17, 15) is 4.79 Å². The fraction of sp³-hybridized carbons (Fsp3) is 0.417. The maximum absolute atomic E-state index is 11.7. The highest BCUT2D eigenvalue weighted by Crippen LogP contribution is 2.05. The Balaban J connectivity index is 2.34. The van der Waals surface area contributed by atoms with Gasteiger partial charge in [0.1, 0.15) is 0 Å². The van der Waals surface area contributed by atoms with Gasteiger partial charge >= 0.3 is 0 Å². The number of anilines is 1. The Morgan fingerprint density at radius 3 is 2.69 bits per heavy atom. The van der Waals surface area contributed by atoms with E-state index in [4.69, 9.17) is 0 Å². The molecule has 0 aliphatic heterocycles. The molecule has 0 spiro atoms. The van der Waals surface area contributed by atoms with Crippen LogP contribution in [0.3, 0.4) is 0 Å². The van der Waals surface area contributed by atoms with Gasteiger partial charge in [0.15, 0.2) is 0 Å². The Labute approximate surface area is 101 Å². The van der Waals surface area contributed by atoms with Gasteiger partial charge in [-0.05, 0) is 25.3 Å². The first-order chi connectivity index (χ1) is 7.74. The van der Waals surface area contributed by atoms with Crippen molar-refractivity contribution in [3.05, 3.63) is 30.3 Å². The second-order valence-electron chi connectivity index (χ2n) is 3.52. The number of hydrogen-bond acceptors (Lipinski definition) is 3. The van der Waals surface area contributed by atoms with Gasteiger partial charge in [-0.15, -0.1) is 0 Å². The molecule has 0 heterocycles. The number of hydrogen-bond donors (Lipinski definition) is 2. The van der Waals surface area contributed by atoms with E-state index in [0.29, 0.717) is 0 Å². The zero-order valence-electron chi connectivity index (χ0n) is 9.69. The molecule has 0 bridgehead atoms. The number of para-hydroxylation sites is 1. The van der Waals surface area contributed by atoms with E-state index in [0.717, 1.165) is 18.0 Å². The van der Waals surface area contributed by atoms with Crippen molar-refractivity contribution < 1.29 is 4.79 Å². The monoisotopic (exact) mass is 238 g/mol. The first-order valence-electron chi connectivity index (χ1n) is 5.32. The highest BCUT2D eigenvalue weighted by molar-refractivity contribution is 7.98. The van der Waals surface area contributed by atoms with Crippen LogP contribution in [0.1, 0.15) is 6.92 Å². The summed E-state index contributed by atoms with van der Waals surface area (Å²) < 4.78 is 0. The number of nitrogens with one attached hydrogen (secondary N) is 2. The van der Waals surface area contributed by atoms with Crippen LogP contribution in [0.5, 0.6) is 0 Å². The first-order valence-corrected chi connectivity index (χ1v) is 6.71. The van der Waals surface area contributed by atoms with Gasteiger partial charge in [0.05, 0.1) is 6.04 Å². The van der Waals surface area contributed by atoms with Crippen LogP contribution in [0.2, 0.25) is 0 Å². The highest BCUT2D eigenvalue weighted by Gasteiger charge is 2.11. The van der Waals surface area contributed by atoms with E-state index in [1.165, 1.54) is 0 Å². The Bertz CT molecular complexity index is 316. The van der Waals surface area contributed by atoms with E-state index >= 15 is 0 Å². The minimum absolute atomic E-state index is 0.00676. The van der Waals surface area contributed by atoms with Gasteiger partial charge in [0.2, 0.25) is 5.91 Å². The molecule has 1 aromatic carbocycles. The normalized spacial score (nSPS) is 12.1. The number of amides is 1. The minimum Gasteiger partial charge on any atom is -0.325 e. The van der Waals surface area contributed by atoms with Crippen molar-refractivity contribution in [3.8, 4) is 0 Å². The van der Waals surface area contributed by atoms with Gasteiger partial charge in [-0.2, -0.15) is 11.8 Å². The van der Waals surface area contributed by atoms with Crippen molar-refractivity contribution in [1.82, 2.24) is 5.32 Å². The topological polar surface area (TPSA) is 41.1 Å². The molecule has 0 aromatic heterocycles. The summed E-state index contributed by atoms with van der Waals surface area (Å²) >= 11 is 1.77. The third-order valence-electron chi connectivity index (χ3n) is 2.19. The molecule has 0 saturated heterocycles. The summed E-state index contributed by atoms with van der Waals surface area (Å²) in [5, 5.41) is 6.03. The van der Waals surface area contributed by atoms with Gasteiger partial charge in [0.25, 0.3) is 0 Å². The quantitative estimate of drug-likeness (QED) is 0.744. The molecule has 0 radical (unpaired) electrons. The molecule has 0 aliphatic carbocycles. The molecule has 1 aromatic rings. The van der Waals surface area contributed by atoms with Crippen molar-refractivity contribution in [2.45, 2.75) is 13.0 Å². The van der Waals surface area contributed by atoms with E-state index in [1.54, 1.807) is 11.8 Å². The minimum atomic E-state index is -0.160. The average molecular weight is 238 g/mol. The van der Waals surface area contributed by atoms with Crippen LogP contribution in [0.15, 0.2) is 30.3 Å². The molecule has 0 saturated carbocycles. The lowest BCUT2D eigenvalue weighted by Gasteiger charge is -2.13. The van der Waals surface area contributed by atoms with Crippen LogP contribution in [0.4, 0.5) is 5.69 Å². The van der Waals surface area contributed by atoms with E-state index < -0.39 is 0 Å². The smallest absolute Gasteiger partial charge is 0.241 e. The van der Waals surface area contributed by atoms with Crippen molar-refractivity contribution in [3.63, 3.8) is 0 Å². The van der Waals surface area contributed by atoms with E-state index in [1.807, 2.05) is 37.3 Å². The summed E-state index contributed by atoms with van der Waals surface area (Å²) in [5.74, 6) is 1.02. The van der Waals surface area contributed by atoms with Gasteiger partial charge in [-0.1, -0.05) is 18.2 Å². The number of benzene rings is 1. The van der Waals surface area contributed by atoms with Crippen molar-refractivity contribution in [2.75, 3.05) is 23.9 Å². The molecule has 2 N–H and O–H groups in total. The molecule has 1 atom stereocenters. The second-order valence-corrected chi connectivity index (χ2v) is 4.51. The molecule has 1 unspecified atom stereocenters. The van der Waals surface area contributed by atoms with Gasteiger partial charge < -0.3 is 10.6 Å². The van der Waals surface area contributed by atoms with E-state index in [2.05, 4.69) is 16.9 Å². The third kappa shape index (κ3) is 4.68. The summed E-state index contributed by atoms with van der Waals surface area (Å²) in [6.07, 6.45) is 2.05. The van der Waals surface area contributed by atoms with Crippen LogP contribution in [0.25, 0.3) is 0 Å². The molecule has 4 heteroatoms. The molecule has 0 aliphatic rings. The molecule has 88 valence electrons. The maximum atomic E-state index is 11.7. The third-order valence-corrected chi connectivity index (χ3v) is 2.80. The van der Waals surface area contributed by atoms with Crippen LogP contribution in [-0.4, -0.2) is 30.5 Å². The molecule has 1 rings (SSSR count). The summed E-state index contributed by atoms with van der Waals surface area (Å²) in [7, 11) is 0. The van der Waals surface area contributed by atoms with Gasteiger partial charge in [-0.25, -0.2) is 0 Å². The zero-order chi connectivity index (χ0) is 11.8. The second kappa shape index (κ2) is 7.30. The van der Waals surface area contributed by atoms with Crippen molar-refractivity contribution >= 4 is 23.4 Å². The maximum Gasteiger partial charge on any atom is 0.241 e. The van der Waals surface area contributed by atoms with Gasteiger partial charge in [-0.3, -0.25) is 4.79 Å². The average Bonchev–Trinajstić information content (AvgIpc) is 2.30. The number of rotatable bonds is 6. The zero-order valence-corrected chi connectivity index (χ0v) is 10.5. The standard InChI is InChI=1S/C12H18N2OS/c1-10(13-8-9-16-2)12(15)14-11-6-4-3-5-7-11/h3-7,10,13H,8-9H2,1-2H3,(H,14,15). The summed E-state index contributed by atoms with van der Waals surface area (Å²) in [6, 6.07) is 9.34. The lowest BCUT2D eigenvalue weighted by Crippen LogP contribution is -2.39. The Hall–Kier alpha value is -1.00. The predicted molar refractivity (Wildman–Crippen MR) is 70.9 cm³/mol. The van der Waals surface area contributed by atoms with Crippen LogP contribution >= 0.6 is 11.8 Å². The summed E-state index contributed by atoms with van der Waals surface area (Å²) in [6.45, 7) is 2.73. The largest absolute Gasteiger partial charge is 0.325 e. The fourth-order valence-electron chi connectivity index (χ4n) is 1.24. The van der Waals surface area contributed by atoms with E-state index in [-0.39, 0.29) is 11.9 Å². The fourth-order valence-corrected chi connectivity index (χ4v) is 1.56. The first kappa shape index (κ1) is 13.1. The van der Waals surface area contributed by atoms with Crippen LogP contribution in [-0.2, 0) is 4.79 Å². The number of thioether (sulfide) groups is 1. The van der Waals surface area contributed by atoms with Crippen molar-refractivity contribution in [2.24, 2.45) is 0 Å². The van der Waals surface area contributed by atoms with Crippen molar-refractivity contribution in [1.29, 1.82) is 0 Å². The summed E-state index contributed by atoms with van der Waals surface area (Å²) in [4.78, 5) is 11.7. The molecule has 16 heavy (non-hydrogen) atoms. The molecular weight excluding hydrogens is 220 g/mol. The Kier molecular flexibility index (Phi) is 5.96. The number of carbonyl (C=O) groups excluding carboxylic acids is 1. The van der Waals surface area contributed by atoms with Gasteiger partial charge in [0, 0.05) is 18.0 Å². The highest BCUT2D eigenvalue weighted by atomic mass is 32.2. The lowest BCUT2D eigenvalue weighted by molar-refractivity contribution is -0.117. The SMILES string of the molecule is CSCCNC(C)C(=O)Nc1ccccc1. The molecule has 0 fully saturated rings. The Morgan fingerprint density at radius 1 is 1.38 bits per heavy atom. The Morgan fingerprint density at radius 2 is 2.06 bits per heavy atom. The molecule has 1 amide bonds. The summed E-state index contributed by atoms with van der Waals surface area (Å²) in [5.41, 5.74) is 0.839. The van der Waals surface area contributed by atoms with Crippen LogP contribution < -0.4 is 10.6 Å². The predicted octanol–water partition coefficient (Wildman–Crippen LogP) is 1.97. The lowest BCUT2D eigenvalue weighted by atomic mass is 10.2. The molecule has 3 nitrogen and oxygen atoms in total. The van der Waals surface area contributed by atoms with Crippen LogP contribution in [0, 0.1) is 0 Å².